The number of amides is 1. The number of likely N-dealkylation sites (N-methyl/N-ethyl adjacent to an activating group) is 1. The lowest BCUT2D eigenvalue weighted by atomic mass is 10.0. The third-order valence-electron chi connectivity index (χ3n) is 9.32. The molecule has 2 aromatic heterocycles. The van der Waals surface area contributed by atoms with Gasteiger partial charge in [0, 0.05) is 40.0 Å². The number of fused-ring (bicyclic) bond motifs is 1. The number of carbonyl (C=O) groups is 1. The lowest BCUT2D eigenvalue weighted by Gasteiger charge is -2.25. The molecule has 51 heavy (non-hydrogen) atoms. The zero-order valence-electron chi connectivity index (χ0n) is 28.4. The molecule has 0 unspecified atom stereocenters. The highest BCUT2D eigenvalue weighted by molar-refractivity contribution is 6.14. The summed E-state index contributed by atoms with van der Waals surface area (Å²) < 4.78 is 49.1. The molecule has 0 radical (unpaired) electrons. The molecule has 264 valence electrons. The van der Waals surface area contributed by atoms with Crippen LogP contribution >= 0.6 is 0 Å². The SMILES string of the molecule is Cc1c(N[n+]2c(CNC(=O)[C@@H]3CCCN3C)nc3c(N=C(c4ccccc4)c4ccccc4)cc(N4CCOCC4)nn32)cccc1C(F)(F)F. The molecule has 0 bridgehead atoms. The molecule has 11 nitrogen and oxygen atoms in total. The summed E-state index contributed by atoms with van der Waals surface area (Å²) in [4.78, 5) is 29.1. The second-order valence-electron chi connectivity index (χ2n) is 12.7. The van der Waals surface area contributed by atoms with Gasteiger partial charge in [0.1, 0.15) is 12.2 Å². The Balaban J connectivity index is 1.42. The smallest absolute Gasteiger partial charge is 0.378 e. The van der Waals surface area contributed by atoms with E-state index in [1.807, 2.05) is 78.7 Å². The number of alkyl halides is 3. The number of carbonyl (C=O) groups excluding carboxylic acids is 1. The molecule has 2 aliphatic heterocycles. The van der Waals surface area contributed by atoms with E-state index in [4.69, 9.17) is 19.8 Å². The molecule has 4 heterocycles. The van der Waals surface area contributed by atoms with Crippen LogP contribution in [0.5, 0.6) is 0 Å². The number of nitrogens with one attached hydrogen (secondary N) is 2. The number of anilines is 2. The van der Waals surface area contributed by atoms with Crippen molar-refractivity contribution in [3.8, 4) is 0 Å². The summed E-state index contributed by atoms with van der Waals surface area (Å²) in [5.74, 6) is 0.760. The highest BCUT2D eigenvalue weighted by Gasteiger charge is 2.34. The molecular weight excluding hydrogens is 659 g/mol. The van der Waals surface area contributed by atoms with Gasteiger partial charge >= 0.3 is 17.6 Å². The van der Waals surface area contributed by atoms with Crippen LogP contribution in [0.15, 0.2) is 89.9 Å². The zero-order chi connectivity index (χ0) is 35.5. The van der Waals surface area contributed by atoms with Crippen molar-refractivity contribution in [2.45, 2.75) is 38.5 Å². The third kappa shape index (κ3) is 7.28. The zero-order valence-corrected chi connectivity index (χ0v) is 28.4. The number of likely N-dealkylation sites (tertiary alicyclic amines) is 1. The van der Waals surface area contributed by atoms with Crippen LogP contribution in [0.2, 0.25) is 0 Å². The van der Waals surface area contributed by atoms with Crippen molar-refractivity contribution in [3.63, 3.8) is 0 Å². The van der Waals surface area contributed by atoms with Crippen LogP contribution in [0.4, 0.5) is 30.4 Å². The average Bonchev–Trinajstić information content (AvgIpc) is 3.73. The molecular formula is C37H39F3N9O2+. The van der Waals surface area contributed by atoms with E-state index in [9.17, 15) is 18.0 Å². The molecule has 14 heteroatoms. The van der Waals surface area contributed by atoms with Crippen molar-refractivity contribution in [2.24, 2.45) is 4.99 Å². The predicted octanol–water partition coefficient (Wildman–Crippen LogP) is 4.94. The minimum absolute atomic E-state index is 0.00744. The fraction of sp³-hybridized carbons (Fsp3) is 0.324. The van der Waals surface area contributed by atoms with Gasteiger partial charge in [-0.3, -0.25) is 9.69 Å². The summed E-state index contributed by atoms with van der Waals surface area (Å²) in [6.07, 6.45) is -2.90. The Kier molecular flexibility index (Phi) is 9.69. The Bertz CT molecular complexity index is 2000. The van der Waals surface area contributed by atoms with Crippen LogP contribution < -0.4 is 20.4 Å². The fourth-order valence-corrected chi connectivity index (χ4v) is 6.55. The van der Waals surface area contributed by atoms with E-state index in [1.165, 1.54) is 22.4 Å². The molecule has 7 rings (SSSR count). The molecule has 5 aromatic rings. The molecule has 2 N–H and O–H groups in total. The minimum Gasteiger partial charge on any atom is -0.378 e. The van der Waals surface area contributed by atoms with E-state index in [1.54, 1.807) is 6.07 Å². The van der Waals surface area contributed by atoms with Gasteiger partial charge in [-0.2, -0.15) is 13.2 Å². The van der Waals surface area contributed by atoms with E-state index >= 15 is 0 Å². The second kappa shape index (κ2) is 14.5. The molecule has 0 saturated carbocycles. The Hall–Kier alpha value is -5.34. The van der Waals surface area contributed by atoms with Crippen molar-refractivity contribution < 1.29 is 27.5 Å². The summed E-state index contributed by atoms with van der Waals surface area (Å²) in [6.45, 7) is 4.41. The normalized spacial score (nSPS) is 16.7. The molecule has 0 spiro atoms. The maximum Gasteiger partial charge on any atom is 0.416 e. The number of hydrogen-bond acceptors (Lipinski definition) is 8. The minimum atomic E-state index is -4.55. The lowest BCUT2D eigenvalue weighted by Crippen LogP contribution is -2.53. The summed E-state index contributed by atoms with van der Waals surface area (Å²) >= 11 is 0. The number of aliphatic imine (C=N–C) groups is 1. The van der Waals surface area contributed by atoms with Crippen molar-refractivity contribution in [3.05, 3.63) is 113 Å². The van der Waals surface area contributed by atoms with Gasteiger partial charge in [0.2, 0.25) is 11.7 Å². The van der Waals surface area contributed by atoms with Crippen molar-refractivity contribution in [2.75, 3.05) is 50.2 Å². The number of halogens is 3. The lowest BCUT2D eigenvalue weighted by molar-refractivity contribution is -0.725. The van der Waals surface area contributed by atoms with Crippen LogP contribution in [-0.2, 0) is 22.3 Å². The van der Waals surface area contributed by atoms with E-state index in [0.29, 0.717) is 55.0 Å². The van der Waals surface area contributed by atoms with Gasteiger partial charge in [0.15, 0.2) is 0 Å². The quantitative estimate of drug-likeness (QED) is 0.166. The molecule has 2 fully saturated rings. The number of benzene rings is 3. The first-order valence-corrected chi connectivity index (χ1v) is 17.0. The van der Waals surface area contributed by atoms with E-state index in [0.717, 1.165) is 36.6 Å². The van der Waals surface area contributed by atoms with Crippen LogP contribution in [0.3, 0.4) is 0 Å². The topological polar surface area (TPSA) is 103 Å². The summed E-state index contributed by atoms with van der Waals surface area (Å²) in [5, 5.41) is 7.97. The monoisotopic (exact) mass is 698 g/mol. The number of aromatic nitrogens is 4. The van der Waals surface area contributed by atoms with Gasteiger partial charge in [0.05, 0.1) is 36.2 Å². The van der Waals surface area contributed by atoms with Gasteiger partial charge in [-0.05, 0) is 51.1 Å². The number of rotatable bonds is 9. The molecule has 2 aliphatic rings. The molecule has 1 amide bonds. The standard InChI is InChI=1S/C37H38F3N9O2/c1-25-28(37(38,39)40)15-9-16-29(25)44-48-33(24-41-36(50)31-17-10-18-46(31)2)43-35-30(23-32(45-49(35)48)47-19-21-51-22-20-47)42-34(26-11-5-3-6-12-26)27-13-7-4-8-14-27/h3-9,11-16,23,31H,10,17-22,24H2,1-2H3,(H-,41,44,45,50)/p+1/t31-/m0/s1. The van der Waals surface area contributed by atoms with Gasteiger partial charge in [-0.25, -0.2) is 10.4 Å². The summed E-state index contributed by atoms with van der Waals surface area (Å²) in [5.41, 5.74) is 5.91. The molecule has 0 aliphatic carbocycles. The van der Waals surface area contributed by atoms with Gasteiger partial charge in [-0.1, -0.05) is 76.5 Å². The largest absolute Gasteiger partial charge is 0.416 e. The maximum absolute atomic E-state index is 14.0. The fourth-order valence-electron chi connectivity index (χ4n) is 6.55. The summed E-state index contributed by atoms with van der Waals surface area (Å²) in [6, 6.07) is 25.2. The van der Waals surface area contributed by atoms with E-state index < -0.39 is 11.7 Å². The third-order valence-corrected chi connectivity index (χ3v) is 9.32. The first-order valence-electron chi connectivity index (χ1n) is 17.0. The van der Waals surface area contributed by atoms with Gasteiger partial charge in [-0.15, -0.1) is 0 Å². The number of nitrogens with zero attached hydrogens (tertiary/aromatic N) is 7. The van der Waals surface area contributed by atoms with Crippen molar-refractivity contribution in [1.29, 1.82) is 0 Å². The van der Waals surface area contributed by atoms with E-state index in [2.05, 4.69) is 15.6 Å². The van der Waals surface area contributed by atoms with Crippen LogP contribution in [0, 0.1) is 6.92 Å². The number of ether oxygens (including phenoxy) is 1. The number of morpholine rings is 1. The van der Waals surface area contributed by atoms with Crippen LogP contribution in [0.1, 0.15) is 40.9 Å². The Morgan fingerprint density at radius 1 is 0.980 bits per heavy atom. The second-order valence-corrected chi connectivity index (χ2v) is 12.7. The number of hydrogen-bond donors (Lipinski definition) is 2. The predicted molar refractivity (Wildman–Crippen MR) is 187 cm³/mol. The molecule has 2 saturated heterocycles. The highest BCUT2D eigenvalue weighted by Crippen LogP contribution is 2.34. The highest BCUT2D eigenvalue weighted by atomic mass is 19.4. The van der Waals surface area contributed by atoms with Crippen LogP contribution in [-0.4, -0.2) is 77.2 Å². The molecule has 3 aromatic carbocycles. The Morgan fingerprint density at radius 2 is 1.67 bits per heavy atom. The van der Waals surface area contributed by atoms with Gasteiger partial charge in [0.25, 0.3) is 0 Å². The first kappa shape index (κ1) is 34.1. The maximum atomic E-state index is 14.0. The van der Waals surface area contributed by atoms with Crippen molar-refractivity contribution in [1.82, 2.24) is 24.9 Å². The Morgan fingerprint density at radius 3 is 2.29 bits per heavy atom. The van der Waals surface area contributed by atoms with Gasteiger partial charge < -0.3 is 15.0 Å². The molecule has 1 atom stereocenters. The van der Waals surface area contributed by atoms with E-state index in [-0.39, 0.29) is 29.7 Å². The van der Waals surface area contributed by atoms with Crippen molar-refractivity contribution >= 4 is 34.5 Å². The summed E-state index contributed by atoms with van der Waals surface area (Å²) in [7, 11) is 1.92. The average molecular weight is 699 g/mol. The van der Waals surface area contributed by atoms with Crippen LogP contribution in [0.25, 0.3) is 5.65 Å². The first-order chi connectivity index (χ1) is 24.7. The Labute approximate surface area is 293 Å².